The van der Waals surface area contributed by atoms with E-state index < -0.39 is 0 Å². The van der Waals surface area contributed by atoms with Crippen molar-refractivity contribution in [3.05, 3.63) is 36.1 Å². The maximum absolute atomic E-state index is 13.1. The van der Waals surface area contributed by atoms with E-state index in [1.807, 2.05) is 0 Å². The van der Waals surface area contributed by atoms with Crippen LogP contribution in [-0.4, -0.2) is 28.4 Å². The van der Waals surface area contributed by atoms with Gasteiger partial charge in [0, 0.05) is 11.6 Å². The lowest BCUT2D eigenvalue weighted by Crippen LogP contribution is -2.24. The first kappa shape index (κ1) is 11.6. The van der Waals surface area contributed by atoms with E-state index in [0.29, 0.717) is 17.1 Å². The highest BCUT2D eigenvalue weighted by molar-refractivity contribution is 6.14. The summed E-state index contributed by atoms with van der Waals surface area (Å²) in [5.74, 6) is -0.348. The molecule has 1 aliphatic heterocycles. The summed E-state index contributed by atoms with van der Waals surface area (Å²) in [7, 11) is 0. The average molecular weight is 259 g/mol. The minimum Gasteiger partial charge on any atom is -0.297 e. The number of H-pyrrole nitrogens is 1. The van der Waals surface area contributed by atoms with Gasteiger partial charge in [0.05, 0.1) is 18.7 Å². The number of carbonyl (C=O) groups excluding carboxylic acids is 2. The molecule has 19 heavy (non-hydrogen) atoms. The van der Waals surface area contributed by atoms with Crippen LogP contribution in [0.3, 0.4) is 0 Å². The van der Waals surface area contributed by atoms with Crippen LogP contribution in [0.25, 0.3) is 11.3 Å². The summed E-state index contributed by atoms with van der Waals surface area (Å²) >= 11 is 0. The second-order valence-electron chi connectivity index (χ2n) is 4.35. The smallest absolute Gasteiger partial charge is 0.236 e. The number of amides is 1. The molecule has 1 amide bonds. The van der Waals surface area contributed by atoms with E-state index in [1.54, 1.807) is 18.2 Å². The van der Waals surface area contributed by atoms with Crippen molar-refractivity contribution in [2.45, 2.75) is 6.42 Å². The van der Waals surface area contributed by atoms with E-state index >= 15 is 0 Å². The lowest BCUT2D eigenvalue weighted by atomic mass is 10.1. The van der Waals surface area contributed by atoms with Gasteiger partial charge in [0.15, 0.2) is 11.6 Å². The number of ketones is 1. The van der Waals surface area contributed by atoms with Crippen LogP contribution in [0.15, 0.2) is 30.3 Å². The molecule has 5 nitrogen and oxygen atoms in total. The second kappa shape index (κ2) is 4.31. The van der Waals surface area contributed by atoms with Gasteiger partial charge in [0.25, 0.3) is 0 Å². The molecule has 0 radical (unpaired) electrons. The molecule has 1 aliphatic rings. The number of halogens is 1. The van der Waals surface area contributed by atoms with Gasteiger partial charge in [0.1, 0.15) is 5.82 Å². The van der Waals surface area contributed by atoms with Crippen LogP contribution in [0.2, 0.25) is 0 Å². The molecule has 0 unspecified atom stereocenters. The van der Waals surface area contributed by atoms with Crippen molar-refractivity contribution in [3.63, 3.8) is 0 Å². The van der Waals surface area contributed by atoms with E-state index in [-0.39, 0.29) is 30.5 Å². The van der Waals surface area contributed by atoms with Crippen molar-refractivity contribution >= 4 is 17.5 Å². The zero-order valence-electron chi connectivity index (χ0n) is 9.89. The van der Waals surface area contributed by atoms with Gasteiger partial charge in [-0.25, -0.2) is 4.39 Å². The highest BCUT2D eigenvalue weighted by atomic mass is 19.1. The number of nitrogens with zero attached hydrogens (tertiary/aromatic N) is 2. The van der Waals surface area contributed by atoms with Gasteiger partial charge in [0.2, 0.25) is 5.91 Å². The molecule has 0 spiro atoms. The minimum atomic E-state index is -0.346. The summed E-state index contributed by atoms with van der Waals surface area (Å²) in [5.41, 5.74) is 1.23. The van der Waals surface area contributed by atoms with Gasteiger partial charge >= 0.3 is 0 Å². The first-order chi connectivity index (χ1) is 9.13. The number of carbonyl (C=O) groups is 2. The third-order valence-corrected chi connectivity index (χ3v) is 2.96. The van der Waals surface area contributed by atoms with Crippen LogP contribution in [0.4, 0.5) is 10.2 Å². The van der Waals surface area contributed by atoms with Gasteiger partial charge in [-0.2, -0.15) is 5.10 Å². The van der Waals surface area contributed by atoms with Crippen LogP contribution < -0.4 is 4.90 Å². The van der Waals surface area contributed by atoms with E-state index in [2.05, 4.69) is 10.2 Å². The first-order valence-corrected chi connectivity index (χ1v) is 5.77. The van der Waals surface area contributed by atoms with Gasteiger partial charge in [-0.1, -0.05) is 12.1 Å². The van der Waals surface area contributed by atoms with E-state index in [9.17, 15) is 14.0 Å². The molecule has 2 heterocycles. The Hall–Kier alpha value is -2.50. The molecular weight excluding hydrogens is 249 g/mol. The van der Waals surface area contributed by atoms with E-state index in [4.69, 9.17) is 0 Å². The number of benzene rings is 1. The SMILES string of the molecule is O=C1CC(=O)N(c2cc(-c3cccc(F)c3)[nH]n2)C1. The summed E-state index contributed by atoms with van der Waals surface area (Å²) < 4.78 is 13.1. The topological polar surface area (TPSA) is 66.1 Å². The van der Waals surface area contributed by atoms with Crippen LogP contribution in [0, 0.1) is 5.82 Å². The third kappa shape index (κ3) is 2.12. The number of hydrogen-bond donors (Lipinski definition) is 1. The van der Waals surface area contributed by atoms with Crippen molar-refractivity contribution < 1.29 is 14.0 Å². The maximum Gasteiger partial charge on any atom is 0.236 e. The van der Waals surface area contributed by atoms with Crippen LogP contribution in [0.1, 0.15) is 6.42 Å². The number of aromatic nitrogens is 2. The molecule has 6 heteroatoms. The Morgan fingerprint density at radius 1 is 1.26 bits per heavy atom. The summed E-state index contributed by atoms with van der Waals surface area (Å²) in [5, 5.41) is 6.73. The number of nitrogens with one attached hydrogen (secondary N) is 1. The Morgan fingerprint density at radius 3 is 2.79 bits per heavy atom. The normalized spacial score (nSPS) is 15.3. The Kier molecular flexibility index (Phi) is 2.63. The van der Waals surface area contributed by atoms with Crippen molar-refractivity contribution in [2.75, 3.05) is 11.4 Å². The zero-order chi connectivity index (χ0) is 13.4. The Labute approximate surface area is 108 Å². The summed E-state index contributed by atoms with van der Waals surface area (Å²) in [6.07, 6.45) is -0.0812. The van der Waals surface area contributed by atoms with Crippen molar-refractivity contribution in [3.8, 4) is 11.3 Å². The summed E-state index contributed by atoms with van der Waals surface area (Å²) in [4.78, 5) is 24.1. The molecule has 1 aromatic carbocycles. The zero-order valence-corrected chi connectivity index (χ0v) is 9.89. The summed E-state index contributed by atoms with van der Waals surface area (Å²) in [6, 6.07) is 7.68. The van der Waals surface area contributed by atoms with Gasteiger partial charge in [-0.15, -0.1) is 0 Å². The number of hydrogen-bond acceptors (Lipinski definition) is 3. The lowest BCUT2D eigenvalue weighted by molar-refractivity contribution is -0.121. The molecule has 0 aliphatic carbocycles. The van der Waals surface area contributed by atoms with Gasteiger partial charge in [-0.05, 0) is 12.1 Å². The highest BCUT2D eigenvalue weighted by Gasteiger charge is 2.30. The fourth-order valence-electron chi connectivity index (χ4n) is 2.05. The predicted octanol–water partition coefficient (Wildman–Crippen LogP) is 1.52. The van der Waals surface area contributed by atoms with E-state index in [1.165, 1.54) is 17.0 Å². The number of rotatable bonds is 2. The van der Waals surface area contributed by atoms with Crippen molar-refractivity contribution in [1.29, 1.82) is 0 Å². The second-order valence-corrected chi connectivity index (χ2v) is 4.35. The van der Waals surface area contributed by atoms with Gasteiger partial charge < -0.3 is 0 Å². The van der Waals surface area contributed by atoms with Crippen molar-refractivity contribution in [2.24, 2.45) is 0 Å². The lowest BCUT2D eigenvalue weighted by Gasteiger charge is -2.09. The molecule has 1 saturated heterocycles. The molecule has 0 saturated carbocycles. The van der Waals surface area contributed by atoms with Gasteiger partial charge in [-0.3, -0.25) is 19.6 Å². The fraction of sp³-hybridized carbons (Fsp3) is 0.154. The Bertz CT molecular complexity index is 665. The van der Waals surface area contributed by atoms with E-state index in [0.717, 1.165) is 0 Å². The average Bonchev–Trinajstić information content (AvgIpc) is 2.96. The third-order valence-electron chi connectivity index (χ3n) is 2.96. The molecule has 1 aromatic heterocycles. The standard InChI is InChI=1S/C13H10FN3O2/c14-9-3-1-2-8(4-9)11-6-12(16-15-11)17-7-10(18)5-13(17)19/h1-4,6H,5,7H2,(H,15,16). The van der Waals surface area contributed by atoms with Crippen LogP contribution in [-0.2, 0) is 9.59 Å². The van der Waals surface area contributed by atoms with Crippen LogP contribution >= 0.6 is 0 Å². The quantitative estimate of drug-likeness (QED) is 0.831. The van der Waals surface area contributed by atoms with Crippen LogP contribution in [0.5, 0.6) is 0 Å². The van der Waals surface area contributed by atoms with Crippen molar-refractivity contribution in [1.82, 2.24) is 10.2 Å². The number of anilines is 1. The largest absolute Gasteiger partial charge is 0.297 e. The predicted molar refractivity (Wildman–Crippen MR) is 66.0 cm³/mol. The molecule has 3 rings (SSSR count). The first-order valence-electron chi connectivity index (χ1n) is 5.77. The molecule has 0 atom stereocenters. The monoisotopic (exact) mass is 259 g/mol. The highest BCUT2D eigenvalue weighted by Crippen LogP contribution is 2.24. The Morgan fingerprint density at radius 2 is 2.11 bits per heavy atom. The maximum atomic E-state index is 13.1. The number of aromatic amines is 1. The molecular formula is C13H10FN3O2. The fourth-order valence-corrected chi connectivity index (χ4v) is 2.05. The summed E-state index contributed by atoms with van der Waals surface area (Å²) in [6.45, 7) is 0.0479. The molecule has 1 N–H and O–H groups in total. The minimum absolute atomic E-state index is 0.0479. The number of Topliss-reactive ketones (excluding diaryl/α,β-unsaturated/α-hetero) is 1. The molecule has 2 aromatic rings. The molecule has 1 fully saturated rings. The molecule has 96 valence electrons. The Balaban J connectivity index is 1.92. The molecule has 0 bridgehead atoms.